The van der Waals surface area contributed by atoms with Gasteiger partial charge in [0.25, 0.3) is 0 Å². The average molecular weight is 291 g/mol. The lowest BCUT2D eigenvalue weighted by molar-refractivity contribution is 0.0249. The number of nitrogens with zero attached hydrogens (tertiary/aromatic N) is 1. The minimum absolute atomic E-state index is 0.212. The molecule has 1 heterocycles. The summed E-state index contributed by atoms with van der Waals surface area (Å²) >= 11 is 0. The number of hydrazine groups is 1. The Bertz CT molecular complexity index is 707. The van der Waals surface area contributed by atoms with Gasteiger partial charge >= 0.3 is 11.6 Å². The quantitative estimate of drug-likeness (QED) is 0.485. The lowest BCUT2D eigenvalue weighted by atomic mass is 10.1. The fourth-order valence-electron chi connectivity index (χ4n) is 2.14. The van der Waals surface area contributed by atoms with Crippen LogP contribution in [-0.2, 0) is 4.84 Å². The monoisotopic (exact) mass is 291 g/mol. The predicted octanol–water partition coefficient (Wildman–Crippen LogP) is 1.17. The van der Waals surface area contributed by atoms with Crippen molar-refractivity contribution in [2.75, 3.05) is 18.0 Å². The van der Waals surface area contributed by atoms with Gasteiger partial charge in [0.05, 0.1) is 0 Å². The van der Waals surface area contributed by atoms with E-state index >= 15 is 0 Å². The van der Waals surface area contributed by atoms with E-state index in [0.717, 1.165) is 18.8 Å². The lowest BCUT2D eigenvalue weighted by Gasteiger charge is -2.20. The second-order valence-corrected chi connectivity index (χ2v) is 4.35. The molecule has 112 valence electrons. The molecule has 0 amide bonds. The molecule has 0 fully saturated rings. The van der Waals surface area contributed by atoms with Gasteiger partial charge in [0.1, 0.15) is 11.1 Å². The molecule has 7 heteroatoms. The van der Waals surface area contributed by atoms with E-state index in [-0.39, 0.29) is 5.56 Å². The van der Waals surface area contributed by atoms with Gasteiger partial charge in [0.15, 0.2) is 0 Å². The molecule has 0 bridgehead atoms. The van der Waals surface area contributed by atoms with Crippen LogP contribution in [0.15, 0.2) is 33.5 Å². The van der Waals surface area contributed by atoms with E-state index in [4.69, 9.17) is 10.3 Å². The van der Waals surface area contributed by atoms with Crippen LogP contribution in [0, 0.1) is 0 Å². The fourth-order valence-corrected chi connectivity index (χ4v) is 2.14. The fraction of sp³-hybridized carbons (Fsp3) is 0.286. The average Bonchev–Trinajstić information content (AvgIpc) is 2.48. The Morgan fingerprint density at radius 1 is 1.33 bits per heavy atom. The van der Waals surface area contributed by atoms with Crippen molar-refractivity contribution in [3.63, 3.8) is 0 Å². The molecule has 0 aliphatic carbocycles. The van der Waals surface area contributed by atoms with E-state index in [9.17, 15) is 9.59 Å². The van der Waals surface area contributed by atoms with E-state index in [2.05, 4.69) is 9.74 Å². The van der Waals surface area contributed by atoms with Crippen LogP contribution in [0.5, 0.6) is 0 Å². The number of fused-ring (bicyclic) bond motifs is 1. The van der Waals surface area contributed by atoms with Crippen molar-refractivity contribution in [3.05, 3.63) is 40.2 Å². The van der Waals surface area contributed by atoms with Crippen molar-refractivity contribution in [3.8, 4) is 0 Å². The van der Waals surface area contributed by atoms with Gasteiger partial charge in [0.2, 0.25) is 0 Å². The van der Waals surface area contributed by atoms with Gasteiger partial charge in [-0.2, -0.15) is 0 Å². The summed E-state index contributed by atoms with van der Waals surface area (Å²) in [5.74, 6) is 3.99. The summed E-state index contributed by atoms with van der Waals surface area (Å²) in [4.78, 5) is 29.9. The van der Waals surface area contributed by atoms with Gasteiger partial charge < -0.3 is 14.2 Å². The highest BCUT2D eigenvalue weighted by molar-refractivity contribution is 5.93. The van der Waals surface area contributed by atoms with Gasteiger partial charge in [-0.1, -0.05) is 5.59 Å². The number of nitrogens with one attached hydrogen (secondary N) is 1. The van der Waals surface area contributed by atoms with Crippen molar-refractivity contribution in [1.82, 2.24) is 5.59 Å². The Kier molecular flexibility index (Phi) is 4.56. The number of hydrogen-bond acceptors (Lipinski definition) is 7. The van der Waals surface area contributed by atoms with E-state index in [1.807, 2.05) is 19.9 Å². The summed E-state index contributed by atoms with van der Waals surface area (Å²) < 4.78 is 5.19. The molecule has 0 radical (unpaired) electrons. The molecule has 0 spiro atoms. The van der Waals surface area contributed by atoms with Gasteiger partial charge in [0, 0.05) is 30.2 Å². The van der Waals surface area contributed by atoms with E-state index < -0.39 is 11.6 Å². The molecule has 0 aliphatic heterocycles. The molecule has 2 aromatic rings. The van der Waals surface area contributed by atoms with Crippen LogP contribution in [0.2, 0.25) is 0 Å². The zero-order chi connectivity index (χ0) is 15.4. The van der Waals surface area contributed by atoms with Crippen molar-refractivity contribution in [1.29, 1.82) is 0 Å². The number of nitrogens with two attached hydrogens (primary N) is 1. The number of hydrogen-bond donors (Lipinski definition) is 2. The van der Waals surface area contributed by atoms with Gasteiger partial charge in [-0.15, -0.1) is 0 Å². The molecular formula is C14H17N3O4. The first-order chi connectivity index (χ1) is 10.1. The molecule has 0 saturated heterocycles. The first-order valence-electron chi connectivity index (χ1n) is 6.60. The van der Waals surface area contributed by atoms with Gasteiger partial charge in [-0.05, 0) is 32.0 Å². The van der Waals surface area contributed by atoms with Crippen molar-refractivity contribution >= 4 is 22.6 Å². The molecule has 7 nitrogen and oxygen atoms in total. The summed E-state index contributed by atoms with van der Waals surface area (Å²) in [6.07, 6.45) is 0. The summed E-state index contributed by atoms with van der Waals surface area (Å²) in [7, 11) is 0. The molecule has 3 N–H and O–H groups in total. The lowest BCUT2D eigenvalue weighted by Crippen LogP contribution is -2.28. The second kappa shape index (κ2) is 6.38. The standard InChI is InChI=1S/C14H17N3O4/c1-3-17(4-2)10-6-5-9-7-11(14(19)21-16-15)13(18)20-12(9)8-10/h5-8,16H,3-4,15H2,1-2H3. The van der Waals surface area contributed by atoms with Crippen molar-refractivity contribution in [2.24, 2.45) is 5.84 Å². The number of carbonyl (C=O) groups is 1. The first-order valence-corrected chi connectivity index (χ1v) is 6.60. The maximum atomic E-state index is 11.8. The largest absolute Gasteiger partial charge is 0.422 e. The van der Waals surface area contributed by atoms with Gasteiger partial charge in [-0.25, -0.2) is 15.4 Å². The maximum absolute atomic E-state index is 11.8. The zero-order valence-electron chi connectivity index (χ0n) is 11.9. The van der Waals surface area contributed by atoms with Crippen LogP contribution in [0.25, 0.3) is 11.0 Å². The number of carbonyl (C=O) groups excluding carboxylic acids is 1. The van der Waals surface area contributed by atoms with Gasteiger partial charge in [-0.3, -0.25) is 0 Å². The first kappa shape index (κ1) is 15.0. The summed E-state index contributed by atoms with van der Waals surface area (Å²) in [6.45, 7) is 5.78. The topological polar surface area (TPSA) is 97.8 Å². The van der Waals surface area contributed by atoms with E-state index in [1.54, 1.807) is 17.7 Å². The highest BCUT2D eigenvalue weighted by Gasteiger charge is 2.15. The maximum Gasteiger partial charge on any atom is 0.365 e. The van der Waals surface area contributed by atoms with Crippen LogP contribution in [0.4, 0.5) is 5.69 Å². The smallest absolute Gasteiger partial charge is 0.365 e. The van der Waals surface area contributed by atoms with Crippen LogP contribution < -0.4 is 22.0 Å². The zero-order valence-corrected chi connectivity index (χ0v) is 11.9. The van der Waals surface area contributed by atoms with Crippen molar-refractivity contribution < 1.29 is 14.0 Å². The molecule has 0 unspecified atom stereocenters. The Balaban J connectivity index is 2.49. The van der Waals surface area contributed by atoms with Crippen molar-refractivity contribution in [2.45, 2.75) is 13.8 Å². The third kappa shape index (κ3) is 3.04. The number of benzene rings is 1. The minimum Gasteiger partial charge on any atom is -0.422 e. The Labute approximate surface area is 121 Å². The molecule has 21 heavy (non-hydrogen) atoms. The van der Waals surface area contributed by atoms with Crippen LogP contribution in [-0.4, -0.2) is 19.1 Å². The van der Waals surface area contributed by atoms with Crippen LogP contribution >= 0.6 is 0 Å². The SMILES string of the molecule is CCN(CC)c1ccc2cc(C(=O)ONN)c(=O)oc2c1. The molecule has 2 rings (SSSR count). The van der Waals surface area contributed by atoms with Crippen LogP contribution in [0.3, 0.4) is 0 Å². The third-order valence-electron chi connectivity index (χ3n) is 3.22. The number of anilines is 1. The normalized spacial score (nSPS) is 10.6. The Morgan fingerprint density at radius 2 is 2.05 bits per heavy atom. The molecule has 1 aromatic carbocycles. The van der Waals surface area contributed by atoms with E-state index in [1.165, 1.54) is 6.07 Å². The summed E-state index contributed by atoms with van der Waals surface area (Å²) in [5.41, 5.74) is 2.14. The molecule has 1 aromatic heterocycles. The third-order valence-corrected chi connectivity index (χ3v) is 3.22. The molecule has 0 saturated carbocycles. The highest BCUT2D eigenvalue weighted by atomic mass is 16.7. The second-order valence-electron chi connectivity index (χ2n) is 4.35. The number of rotatable bonds is 5. The Morgan fingerprint density at radius 3 is 2.67 bits per heavy atom. The summed E-state index contributed by atoms with van der Waals surface area (Å²) in [5, 5.41) is 0.634. The highest BCUT2D eigenvalue weighted by Crippen LogP contribution is 2.22. The predicted molar refractivity (Wildman–Crippen MR) is 78.8 cm³/mol. The minimum atomic E-state index is -0.888. The summed E-state index contributed by atoms with van der Waals surface area (Å²) in [6, 6.07) is 6.90. The van der Waals surface area contributed by atoms with E-state index in [0.29, 0.717) is 11.0 Å². The molecular weight excluding hydrogens is 274 g/mol. The van der Waals surface area contributed by atoms with Crippen LogP contribution in [0.1, 0.15) is 24.2 Å². The molecule has 0 atom stereocenters. The molecule has 0 aliphatic rings. The Hall–Kier alpha value is -2.38.